The highest BCUT2D eigenvalue weighted by Crippen LogP contribution is 2.19. The van der Waals surface area contributed by atoms with E-state index in [-0.39, 0.29) is 0 Å². The van der Waals surface area contributed by atoms with Crippen LogP contribution in [0.3, 0.4) is 0 Å². The van der Waals surface area contributed by atoms with Crippen molar-refractivity contribution in [1.29, 1.82) is 0 Å². The second-order valence-electron chi connectivity index (χ2n) is 4.06. The van der Waals surface area contributed by atoms with Crippen LogP contribution in [0.2, 0.25) is 0 Å². The van der Waals surface area contributed by atoms with Crippen molar-refractivity contribution < 1.29 is 0 Å². The van der Waals surface area contributed by atoms with Crippen LogP contribution < -0.4 is 0 Å². The van der Waals surface area contributed by atoms with E-state index in [1.54, 1.807) is 0 Å². The molecule has 0 amide bonds. The van der Waals surface area contributed by atoms with E-state index in [1.165, 1.54) is 12.8 Å². The third-order valence-electron chi connectivity index (χ3n) is 2.52. The summed E-state index contributed by atoms with van der Waals surface area (Å²) >= 11 is 3.50. The van der Waals surface area contributed by atoms with Crippen molar-refractivity contribution in [2.75, 3.05) is 5.33 Å². The molecule has 0 saturated carbocycles. The van der Waals surface area contributed by atoms with Gasteiger partial charge >= 0.3 is 0 Å². The molecule has 0 N–H and O–H groups in total. The fraction of sp³-hybridized carbons (Fsp3) is 1.00. The van der Waals surface area contributed by atoms with Crippen LogP contribution in [0.25, 0.3) is 0 Å². The summed E-state index contributed by atoms with van der Waals surface area (Å²) in [6.07, 6.45) is 2.75. The van der Waals surface area contributed by atoms with Gasteiger partial charge in [0.1, 0.15) is 0 Å². The molecule has 1 heteroatoms. The smallest absolute Gasteiger partial charge is 0.00570 e. The zero-order valence-corrected chi connectivity index (χ0v) is 9.82. The topological polar surface area (TPSA) is 0 Å². The van der Waals surface area contributed by atoms with E-state index >= 15 is 0 Å². The van der Waals surface area contributed by atoms with Gasteiger partial charge in [0, 0.05) is 5.33 Å². The zero-order valence-electron chi connectivity index (χ0n) is 8.23. The lowest BCUT2D eigenvalue weighted by atomic mass is 9.91. The first kappa shape index (κ1) is 11.5. The lowest BCUT2D eigenvalue weighted by Crippen LogP contribution is -2.06. The summed E-state index contributed by atoms with van der Waals surface area (Å²) < 4.78 is 0. The van der Waals surface area contributed by atoms with Crippen molar-refractivity contribution in [1.82, 2.24) is 0 Å². The van der Waals surface area contributed by atoms with Crippen molar-refractivity contribution in [3.05, 3.63) is 0 Å². The third-order valence-corrected chi connectivity index (χ3v) is 3.62. The first-order valence-corrected chi connectivity index (χ1v) is 5.76. The van der Waals surface area contributed by atoms with Gasteiger partial charge < -0.3 is 0 Å². The molecule has 0 nitrogen and oxygen atoms in total. The number of halogens is 1. The van der Waals surface area contributed by atoms with Gasteiger partial charge in [0.15, 0.2) is 0 Å². The molecular formula is C10H21Br. The highest BCUT2D eigenvalue weighted by atomic mass is 79.9. The minimum atomic E-state index is 0.844. The van der Waals surface area contributed by atoms with Crippen molar-refractivity contribution in [3.63, 3.8) is 0 Å². The van der Waals surface area contributed by atoms with Gasteiger partial charge in [0.25, 0.3) is 0 Å². The summed E-state index contributed by atoms with van der Waals surface area (Å²) in [5.41, 5.74) is 0. The highest BCUT2D eigenvalue weighted by molar-refractivity contribution is 9.09. The number of alkyl halides is 1. The van der Waals surface area contributed by atoms with Gasteiger partial charge in [-0.25, -0.2) is 0 Å². The van der Waals surface area contributed by atoms with E-state index in [9.17, 15) is 0 Å². The SMILES string of the molecule is CC(CBr)CCC(C)C(C)C. The number of hydrogen-bond acceptors (Lipinski definition) is 0. The van der Waals surface area contributed by atoms with Crippen LogP contribution in [0, 0.1) is 17.8 Å². The summed E-state index contributed by atoms with van der Waals surface area (Å²) in [5, 5.41) is 1.15. The Hall–Kier alpha value is 0.480. The lowest BCUT2D eigenvalue weighted by molar-refractivity contribution is 0.360. The van der Waals surface area contributed by atoms with E-state index in [1.807, 2.05) is 0 Å². The Bertz CT molecular complexity index is 88.9. The molecule has 0 fully saturated rings. The summed E-state index contributed by atoms with van der Waals surface area (Å²) in [4.78, 5) is 0. The predicted octanol–water partition coefficient (Wildman–Crippen LogP) is 4.09. The van der Waals surface area contributed by atoms with Gasteiger partial charge in [-0.15, -0.1) is 0 Å². The number of hydrogen-bond donors (Lipinski definition) is 0. The molecule has 0 radical (unpaired) electrons. The standard InChI is InChI=1S/C10H21Br/c1-8(2)10(4)6-5-9(3)7-11/h8-10H,5-7H2,1-4H3. The Morgan fingerprint density at radius 1 is 1.00 bits per heavy atom. The Morgan fingerprint density at radius 3 is 1.91 bits per heavy atom. The second kappa shape index (κ2) is 6.05. The van der Waals surface area contributed by atoms with Gasteiger partial charge in [-0.2, -0.15) is 0 Å². The average molecular weight is 221 g/mol. The maximum absolute atomic E-state index is 3.50. The molecule has 0 aromatic carbocycles. The predicted molar refractivity (Wildman–Crippen MR) is 56.2 cm³/mol. The fourth-order valence-electron chi connectivity index (χ4n) is 0.958. The molecule has 0 spiro atoms. The monoisotopic (exact) mass is 220 g/mol. The molecule has 0 aromatic heterocycles. The van der Waals surface area contributed by atoms with Crippen molar-refractivity contribution in [3.8, 4) is 0 Å². The van der Waals surface area contributed by atoms with Crippen LogP contribution >= 0.6 is 15.9 Å². The zero-order chi connectivity index (χ0) is 8.85. The van der Waals surface area contributed by atoms with Crippen LogP contribution in [0.4, 0.5) is 0 Å². The fourth-order valence-corrected chi connectivity index (χ4v) is 1.28. The van der Waals surface area contributed by atoms with Crippen LogP contribution in [0.5, 0.6) is 0 Å². The normalized spacial score (nSPS) is 16.9. The molecule has 0 aliphatic rings. The molecule has 0 heterocycles. The van der Waals surface area contributed by atoms with E-state index in [0.29, 0.717) is 0 Å². The van der Waals surface area contributed by atoms with Crippen molar-refractivity contribution in [2.45, 2.75) is 40.5 Å². The Labute approximate surface area is 79.9 Å². The van der Waals surface area contributed by atoms with Crippen LogP contribution in [0.1, 0.15) is 40.5 Å². The largest absolute Gasteiger partial charge is 0.0925 e. The van der Waals surface area contributed by atoms with Gasteiger partial charge in [-0.05, 0) is 24.2 Å². The van der Waals surface area contributed by atoms with E-state index in [2.05, 4.69) is 43.6 Å². The third kappa shape index (κ3) is 5.72. The molecule has 0 saturated heterocycles. The Balaban J connectivity index is 3.37. The summed E-state index contributed by atoms with van der Waals surface area (Å²) in [6.45, 7) is 9.28. The second-order valence-corrected chi connectivity index (χ2v) is 4.71. The van der Waals surface area contributed by atoms with E-state index in [0.717, 1.165) is 23.1 Å². The van der Waals surface area contributed by atoms with Crippen LogP contribution in [-0.2, 0) is 0 Å². The molecule has 0 rings (SSSR count). The van der Waals surface area contributed by atoms with Gasteiger partial charge in [0.2, 0.25) is 0 Å². The quantitative estimate of drug-likeness (QED) is 0.613. The highest BCUT2D eigenvalue weighted by Gasteiger charge is 2.08. The Morgan fingerprint density at radius 2 is 1.55 bits per heavy atom. The van der Waals surface area contributed by atoms with E-state index in [4.69, 9.17) is 0 Å². The van der Waals surface area contributed by atoms with Gasteiger partial charge in [-0.3, -0.25) is 0 Å². The maximum atomic E-state index is 3.50. The molecule has 11 heavy (non-hydrogen) atoms. The summed E-state index contributed by atoms with van der Waals surface area (Å²) in [7, 11) is 0. The average Bonchev–Trinajstić information content (AvgIpc) is 1.99. The molecule has 0 bridgehead atoms. The molecule has 68 valence electrons. The molecule has 0 aliphatic heterocycles. The number of rotatable bonds is 5. The summed E-state index contributed by atoms with van der Waals surface area (Å²) in [6, 6.07) is 0. The molecule has 2 atom stereocenters. The first-order valence-electron chi connectivity index (χ1n) is 4.63. The Kier molecular flexibility index (Phi) is 6.31. The molecular weight excluding hydrogens is 200 g/mol. The molecule has 0 aromatic rings. The van der Waals surface area contributed by atoms with E-state index < -0.39 is 0 Å². The maximum Gasteiger partial charge on any atom is 0.00570 e. The minimum absolute atomic E-state index is 0.844. The lowest BCUT2D eigenvalue weighted by Gasteiger charge is -2.16. The van der Waals surface area contributed by atoms with Crippen LogP contribution in [-0.4, -0.2) is 5.33 Å². The first-order chi connectivity index (χ1) is 5.07. The molecule has 0 aliphatic carbocycles. The summed E-state index contributed by atoms with van der Waals surface area (Å²) in [5.74, 6) is 2.57. The van der Waals surface area contributed by atoms with Crippen molar-refractivity contribution in [2.24, 2.45) is 17.8 Å². The van der Waals surface area contributed by atoms with Crippen molar-refractivity contribution >= 4 is 15.9 Å². The van der Waals surface area contributed by atoms with Gasteiger partial charge in [0.05, 0.1) is 0 Å². The molecule has 2 unspecified atom stereocenters. The van der Waals surface area contributed by atoms with Gasteiger partial charge in [-0.1, -0.05) is 50.0 Å². The minimum Gasteiger partial charge on any atom is -0.0925 e. The van der Waals surface area contributed by atoms with Crippen LogP contribution in [0.15, 0.2) is 0 Å².